The normalized spacial score (nSPS) is 17.1. The Labute approximate surface area is 145 Å². The third kappa shape index (κ3) is 4.91. The van der Waals surface area contributed by atoms with E-state index in [1.54, 1.807) is 32.2 Å². The first-order valence-electron chi connectivity index (χ1n) is 7.28. The number of halogens is 2. The zero-order valence-corrected chi connectivity index (χ0v) is 14.4. The van der Waals surface area contributed by atoms with Crippen molar-refractivity contribution in [3.63, 3.8) is 0 Å². The summed E-state index contributed by atoms with van der Waals surface area (Å²) in [6, 6.07) is 4.77. The molecule has 1 unspecified atom stereocenters. The minimum absolute atomic E-state index is 0.110. The van der Waals surface area contributed by atoms with Crippen LogP contribution in [-0.2, 0) is 9.53 Å². The number of hydrogen-bond donors (Lipinski definition) is 0. The van der Waals surface area contributed by atoms with Crippen molar-refractivity contribution in [3.05, 3.63) is 45.6 Å². The van der Waals surface area contributed by atoms with Crippen LogP contribution in [0.1, 0.15) is 37.0 Å². The van der Waals surface area contributed by atoms with Gasteiger partial charge in [0.15, 0.2) is 5.78 Å². The van der Waals surface area contributed by atoms with Gasteiger partial charge in [-0.15, -0.1) is 0 Å². The van der Waals surface area contributed by atoms with E-state index in [9.17, 15) is 9.59 Å². The Hall–Kier alpha value is -1.65. The summed E-state index contributed by atoms with van der Waals surface area (Å²) in [6.45, 7) is 3.57. The molecule has 122 valence electrons. The van der Waals surface area contributed by atoms with E-state index in [1.807, 2.05) is 0 Å². The van der Waals surface area contributed by atoms with Crippen molar-refractivity contribution >= 4 is 41.2 Å². The molecule has 23 heavy (non-hydrogen) atoms. The number of aliphatic imine (C=N–C) groups is 1. The molecule has 0 radical (unpaired) electrons. The summed E-state index contributed by atoms with van der Waals surface area (Å²) in [7, 11) is 0. The van der Waals surface area contributed by atoms with Crippen molar-refractivity contribution in [2.45, 2.75) is 32.8 Å². The number of carbonyl (C=O) groups is 2. The van der Waals surface area contributed by atoms with Crippen LogP contribution in [0.25, 0.3) is 0 Å². The van der Waals surface area contributed by atoms with Crippen LogP contribution in [0.15, 0.2) is 35.0 Å². The Bertz CT molecular complexity index is 680. The van der Waals surface area contributed by atoms with Gasteiger partial charge in [0.05, 0.1) is 16.7 Å². The number of hydrogen-bond acceptors (Lipinski definition) is 4. The molecule has 0 aromatic heterocycles. The minimum atomic E-state index is -0.390. The van der Waals surface area contributed by atoms with E-state index < -0.39 is 0 Å². The van der Waals surface area contributed by atoms with Gasteiger partial charge in [-0.05, 0) is 38.5 Å². The number of rotatable bonds is 5. The highest BCUT2D eigenvalue weighted by atomic mass is 35.5. The SMILES string of the molecule is CC(C)OC(=O)C1=CN=CC(CC(=O)c2ccc(Cl)cc2Cl)C1. The Morgan fingerprint density at radius 3 is 2.74 bits per heavy atom. The highest BCUT2D eigenvalue weighted by Crippen LogP contribution is 2.26. The fourth-order valence-corrected chi connectivity index (χ4v) is 2.77. The van der Waals surface area contributed by atoms with Crippen LogP contribution in [-0.4, -0.2) is 24.1 Å². The molecule has 1 heterocycles. The van der Waals surface area contributed by atoms with E-state index in [1.165, 1.54) is 12.3 Å². The lowest BCUT2D eigenvalue weighted by atomic mass is 9.92. The van der Waals surface area contributed by atoms with Gasteiger partial charge in [0.25, 0.3) is 0 Å². The zero-order valence-electron chi connectivity index (χ0n) is 12.9. The largest absolute Gasteiger partial charge is 0.460 e. The first kappa shape index (κ1) is 17.7. The van der Waals surface area contributed by atoms with Gasteiger partial charge in [-0.2, -0.15) is 0 Å². The highest BCUT2D eigenvalue weighted by Gasteiger charge is 2.23. The lowest BCUT2D eigenvalue weighted by molar-refractivity contribution is -0.142. The third-order valence-electron chi connectivity index (χ3n) is 3.29. The molecule has 1 aromatic rings. The third-order valence-corrected chi connectivity index (χ3v) is 3.84. The lowest BCUT2D eigenvalue weighted by Gasteiger charge is -2.17. The summed E-state index contributed by atoms with van der Waals surface area (Å²) < 4.78 is 5.16. The fourth-order valence-electron chi connectivity index (χ4n) is 2.26. The molecule has 0 saturated carbocycles. The maximum absolute atomic E-state index is 12.4. The standard InChI is InChI=1S/C17H17Cl2NO3/c1-10(2)23-17(22)12-5-11(8-20-9-12)6-16(21)14-4-3-13(18)7-15(14)19/h3-4,7-11H,5-6H2,1-2H3. The molecule has 1 aliphatic heterocycles. The molecule has 0 fully saturated rings. The maximum Gasteiger partial charge on any atom is 0.335 e. The minimum Gasteiger partial charge on any atom is -0.460 e. The second kappa shape index (κ2) is 7.75. The van der Waals surface area contributed by atoms with Crippen molar-refractivity contribution in [1.29, 1.82) is 0 Å². The summed E-state index contributed by atoms with van der Waals surface area (Å²) >= 11 is 11.9. The number of Topliss-reactive ketones (excluding diaryl/α,β-unsaturated/α-hetero) is 1. The summed E-state index contributed by atoms with van der Waals surface area (Å²) in [5, 5.41) is 0.803. The van der Waals surface area contributed by atoms with Crippen LogP contribution in [0.2, 0.25) is 10.0 Å². The Morgan fingerprint density at radius 1 is 1.35 bits per heavy atom. The van der Waals surface area contributed by atoms with Gasteiger partial charge in [0.2, 0.25) is 0 Å². The van der Waals surface area contributed by atoms with E-state index in [4.69, 9.17) is 27.9 Å². The van der Waals surface area contributed by atoms with Crippen LogP contribution in [0.5, 0.6) is 0 Å². The predicted octanol–water partition coefficient (Wildman–Crippen LogP) is 4.49. The van der Waals surface area contributed by atoms with Gasteiger partial charge in [-0.1, -0.05) is 23.2 Å². The number of esters is 1. The van der Waals surface area contributed by atoms with Crippen LogP contribution in [0.3, 0.4) is 0 Å². The topological polar surface area (TPSA) is 55.7 Å². The van der Waals surface area contributed by atoms with Gasteiger partial charge in [0, 0.05) is 35.3 Å². The Balaban J connectivity index is 2.01. The molecule has 4 nitrogen and oxygen atoms in total. The first-order valence-corrected chi connectivity index (χ1v) is 8.04. The van der Waals surface area contributed by atoms with Gasteiger partial charge in [0.1, 0.15) is 0 Å². The van der Waals surface area contributed by atoms with E-state index in [0.29, 0.717) is 27.6 Å². The van der Waals surface area contributed by atoms with Crippen LogP contribution in [0.4, 0.5) is 0 Å². The Morgan fingerprint density at radius 2 is 2.09 bits per heavy atom. The number of carbonyl (C=O) groups excluding carboxylic acids is 2. The molecule has 6 heteroatoms. The van der Waals surface area contributed by atoms with Gasteiger partial charge < -0.3 is 4.74 Å². The van der Waals surface area contributed by atoms with Gasteiger partial charge in [-0.25, -0.2) is 4.79 Å². The molecule has 1 aromatic carbocycles. The van der Waals surface area contributed by atoms with Crippen LogP contribution < -0.4 is 0 Å². The summed E-state index contributed by atoms with van der Waals surface area (Å²) in [4.78, 5) is 28.3. The van der Waals surface area contributed by atoms with Crippen molar-refractivity contribution in [3.8, 4) is 0 Å². The fraction of sp³-hybridized carbons (Fsp3) is 0.353. The maximum atomic E-state index is 12.4. The Kier molecular flexibility index (Phi) is 5.97. The second-order valence-corrected chi connectivity index (χ2v) is 6.47. The van der Waals surface area contributed by atoms with E-state index in [0.717, 1.165) is 0 Å². The molecule has 0 aliphatic carbocycles. The van der Waals surface area contributed by atoms with Crippen molar-refractivity contribution in [1.82, 2.24) is 0 Å². The van der Waals surface area contributed by atoms with Gasteiger partial charge in [-0.3, -0.25) is 9.79 Å². The monoisotopic (exact) mass is 353 g/mol. The van der Waals surface area contributed by atoms with E-state index >= 15 is 0 Å². The average Bonchev–Trinajstić information content (AvgIpc) is 2.46. The second-order valence-electron chi connectivity index (χ2n) is 5.62. The molecule has 0 bridgehead atoms. The predicted molar refractivity (Wildman–Crippen MR) is 91.3 cm³/mol. The van der Waals surface area contributed by atoms with Crippen LogP contribution in [0, 0.1) is 5.92 Å². The highest BCUT2D eigenvalue weighted by molar-refractivity contribution is 6.36. The van der Waals surface area contributed by atoms with Crippen molar-refractivity contribution in [2.24, 2.45) is 10.9 Å². The van der Waals surface area contributed by atoms with E-state index in [-0.39, 0.29) is 30.2 Å². The van der Waals surface area contributed by atoms with Gasteiger partial charge >= 0.3 is 5.97 Å². The summed E-state index contributed by atoms with van der Waals surface area (Å²) in [5.41, 5.74) is 0.895. The number of benzene rings is 1. The molecule has 0 saturated heterocycles. The molecular formula is C17H17Cl2NO3. The molecular weight excluding hydrogens is 337 g/mol. The summed E-state index contributed by atoms with van der Waals surface area (Å²) in [5.74, 6) is -0.658. The van der Waals surface area contributed by atoms with E-state index in [2.05, 4.69) is 4.99 Å². The first-order chi connectivity index (χ1) is 10.9. The van der Waals surface area contributed by atoms with Crippen LogP contribution >= 0.6 is 23.2 Å². The molecule has 0 spiro atoms. The zero-order chi connectivity index (χ0) is 17.0. The lowest BCUT2D eigenvalue weighted by Crippen LogP contribution is -2.20. The smallest absolute Gasteiger partial charge is 0.335 e. The van der Waals surface area contributed by atoms with Crippen molar-refractivity contribution in [2.75, 3.05) is 0 Å². The number of ketones is 1. The molecule has 0 amide bonds. The average molecular weight is 354 g/mol. The molecule has 1 aliphatic rings. The molecule has 0 N–H and O–H groups in total. The number of nitrogens with zero attached hydrogens (tertiary/aromatic N) is 1. The van der Waals surface area contributed by atoms with Crippen molar-refractivity contribution < 1.29 is 14.3 Å². The summed E-state index contributed by atoms with van der Waals surface area (Å²) in [6.07, 6.45) is 3.61. The molecule has 1 atom stereocenters. The molecule has 2 rings (SSSR count). The quantitative estimate of drug-likeness (QED) is 0.578. The number of ether oxygens (including phenoxy) is 1.